The molecule has 0 fully saturated rings. The fourth-order valence-electron chi connectivity index (χ4n) is 1.17. The molecule has 0 aliphatic heterocycles. The molecule has 0 aliphatic rings. The van der Waals surface area contributed by atoms with Crippen molar-refractivity contribution in [2.24, 2.45) is 0 Å². The first-order valence-corrected chi connectivity index (χ1v) is 5.31. The molecule has 0 saturated heterocycles. The molecule has 86 valence electrons. The lowest BCUT2D eigenvalue weighted by atomic mass is 10.1. The standard InChI is InChI=1S/C13H16FNO/c1-4-13(2,3)16-9-11-7-12(14)6-5-10(11)8-15/h5-7H,4,9H2,1-3H3. The van der Waals surface area contributed by atoms with Crippen molar-refractivity contribution in [3.05, 3.63) is 35.1 Å². The molecule has 0 spiro atoms. The molecule has 3 heteroatoms. The predicted octanol–water partition coefficient (Wildman–Crippen LogP) is 3.40. The van der Waals surface area contributed by atoms with E-state index in [1.807, 2.05) is 26.8 Å². The molecule has 0 N–H and O–H groups in total. The fourth-order valence-corrected chi connectivity index (χ4v) is 1.17. The summed E-state index contributed by atoms with van der Waals surface area (Å²) in [7, 11) is 0. The van der Waals surface area contributed by atoms with Crippen LogP contribution in [-0.2, 0) is 11.3 Å². The minimum atomic E-state index is -0.341. The van der Waals surface area contributed by atoms with Crippen LogP contribution >= 0.6 is 0 Å². The first kappa shape index (κ1) is 12.7. The van der Waals surface area contributed by atoms with E-state index in [2.05, 4.69) is 0 Å². The van der Waals surface area contributed by atoms with E-state index in [0.29, 0.717) is 11.1 Å². The number of ether oxygens (including phenoxy) is 1. The van der Waals surface area contributed by atoms with E-state index < -0.39 is 0 Å². The van der Waals surface area contributed by atoms with Crippen LogP contribution in [0, 0.1) is 17.1 Å². The van der Waals surface area contributed by atoms with Crippen molar-refractivity contribution in [3.63, 3.8) is 0 Å². The Labute approximate surface area is 95.7 Å². The lowest BCUT2D eigenvalue weighted by molar-refractivity contribution is -0.0317. The van der Waals surface area contributed by atoms with Crippen LogP contribution in [-0.4, -0.2) is 5.60 Å². The zero-order valence-corrected chi connectivity index (χ0v) is 9.88. The van der Waals surface area contributed by atoms with Crippen LogP contribution < -0.4 is 0 Å². The summed E-state index contributed by atoms with van der Waals surface area (Å²) in [4.78, 5) is 0. The molecule has 1 aromatic carbocycles. The zero-order chi connectivity index (χ0) is 12.2. The highest BCUT2D eigenvalue weighted by molar-refractivity contribution is 5.37. The number of benzene rings is 1. The van der Waals surface area contributed by atoms with Crippen molar-refractivity contribution >= 4 is 0 Å². The van der Waals surface area contributed by atoms with Crippen LogP contribution in [0.5, 0.6) is 0 Å². The van der Waals surface area contributed by atoms with Gasteiger partial charge in [0, 0.05) is 0 Å². The Kier molecular flexibility index (Phi) is 4.03. The average molecular weight is 221 g/mol. The van der Waals surface area contributed by atoms with Gasteiger partial charge in [-0.1, -0.05) is 6.92 Å². The number of rotatable bonds is 4. The Balaban J connectivity index is 2.81. The summed E-state index contributed by atoms with van der Waals surface area (Å²) in [6, 6.07) is 6.15. The molecule has 1 aromatic rings. The smallest absolute Gasteiger partial charge is 0.123 e. The Bertz CT molecular complexity index is 407. The van der Waals surface area contributed by atoms with Crippen LogP contribution in [0.25, 0.3) is 0 Å². The van der Waals surface area contributed by atoms with Gasteiger partial charge in [-0.05, 0) is 44.0 Å². The maximum absolute atomic E-state index is 13.0. The molecular formula is C13H16FNO. The monoisotopic (exact) mass is 221 g/mol. The van der Waals surface area contributed by atoms with Crippen LogP contribution in [0.3, 0.4) is 0 Å². The van der Waals surface area contributed by atoms with Crippen molar-refractivity contribution < 1.29 is 9.13 Å². The first-order valence-electron chi connectivity index (χ1n) is 5.31. The quantitative estimate of drug-likeness (QED) is 0.780. The van der Waals surface area contributed by atoms with Gasteiger partial charge in [-0.2, -0.15) is 5.26 Å². The molecule has 0 aromatic heterocycles. The Morgan fingerprint density at radius 2 is 2.12 bits per heavy atom. The topological polar surface area (TPSA) is 33.0 Å². The van der Waals surface area contributed by atoms with Gasteiger partial charge in [-0.25, -0.2) is 4.39 Å². The van der Waals surface area contributed by atoms with Gasteiger partial charge in [-0.15, -0.1) is 0 Å². The number of hydrogen-bond donors (Lipinski definition) is 0. The summed E-state index contributed by atoms with van der Waals surface area (Å²) in [6.07, 6.45) is 0.865. The molecule has 0 saturated carbocycles. The molecule has 0 aliphatic carbocycles. The number of hydrogen-bond acceptors (Lipinski definition) is 2. The molecule has 2 nitrogen and oxygen atoms in total. The molecule has 0 heterocycles. The second-order valence-corrected chi connectivity index (χ2v) is 4.32. The summed E-state index contributed by atoms with van der Waals surface area (Å²) >= 11 is 0. The van der Waals surface area contributed by atoms with Crippen LogP contribution in [0.1, 0.15) is 38.3 Å². The molecular weight excluding hydrogens is 205 g/mol. The molecule has 0 atom stereocenters. The van der Waals surface area contributed by atoms with E-state index in [0.717, 1.165) is 6.42 Å². The zero-order valence-electron chi connectivity index (χ0n) is 9.88. The number of halogens is 1. The SMILES string of the molecule is CCC(C)(C)OCc1cc(F)ccc1C#N. The van der Waals surface area contributed by atoms with Gasteiger partial charge in [-0.3, -0.25) is 0 Å². The van der Waals surface area contributed by atoms with E-state index >= 15 is 0 Å². The van der Waals surface area contributed by atoms with Gasteiger partial charge in [0.05, 0.1) is 23.8 Å². The summed E-state index contributed by atoms with van der Waals surface area (Å²) in [6.45, 7) is 6.23. The third-order valence-corrected chi connectivity index (χ3v) is 2.66. The largest absolute Gasteiger partial charge is 0.371 e. The normalized spacial score (nSPS) is 11.2. The summed E-state index contributed by atoms with van der Waals surface area (Å²) in [5, 5.41) is 8.87. The molecule has 0 radical (unpaired) electrons. The van der Waals surface area contributed by atoms with Gasteiger partial charge >= 0.3 is 0 Å². The van der Waals surface area contributed by atoms with Crippen LogP contribution in [0.15, 0.2) is 18.2 Å². The fraction of sp³-hybridized carbons (Fsp3) is 0.462. The van der Waals surface area contributed by atoms with Crippen LogP contribution in [0.4, 0.5) is 4.39 Å². The highest BCUT2D eigenvalue weighted by atomic mass is 19.1. The maximum Gasteiger partial charge on any atom is 0.123 e. The number of nitriles is 1. The van der Waals surface area contributed by atoms with Crippen molar-refractivity contribution in [1.29, 1.82) is 5.26 Å². The third kappa shape index (κ3) is 3.32. The van der Waals surface area contributed by atoms with Gasteiger partial charge in [0.2, 0.25) is 0 Å². The second kappa shape index (κ2) is 5.09. The van der Waals surface area contributed by atoms with E-state index in [-0.39, 0.29) is 18.0 Å². The highest BCUT2D eigenvalue weighted by Gasteiger charge is 2.16. The molecule has 0 bridgehead atoms. The van der Waals surface area contributed by atoms with E-state index in [9.17, 15) is 4.39 Å². The van der Waals surface area contributed by atoms with E-state index in [1.54, 1.807) is 0 Å². The van der Waals surface area contributed by atoms with Gasteiger partial charge in [0.25, 0.3) is 0 Å². The highest BCUT2D eigenvalue weighted by Crippen LogP contribution is 2.18. The van der Waals surface area contributed by atoms with Crippen molar-refractivity contribution in [1.82, 2.24) is 0 Å². The lowest BCUT2D eigenvalue weighted by Crippen LogP contribution is -2.22. The lowest BCUT2D eigenvalue weighted by Gasteiger charge is -2.23. The van der Waals surface area contributed by atoms with E-state index in [1.165, 1.54) is 18.2 Å². The van der Waals surface area contributed by atoms with Gasteiger partial charge in [0.1, 0.15) is 5.82 Å². The van der Waals surface area contributed by atoms with Gasteiger partial charge in [0.15, 0.2) is 0 Å². The molecule has 1 rings (SSSR count). The average Bonchev–Trinajstić information content (AvgIpc) is 2.27. The van der Waals surface area contributed by atoms with E-state index in [4.69, 9.17) is 10.00 Å². The van der Waals surface area contributed by atoms with Crippen molar-refractivity contribution in [2.45, 2.75) is 39.4 Å². The second-order valence-electron chi connectivity index (χ2n) is 4.32. The Morgan fingerprint density at radius 3 is 2.69 bits per heavy atom. The minimum Gasteiger partial charge on any atom is -0.371 e. The van der Waals surface area contributed by atoms with Crippen molar-refractivity contribution in [2.75, 3.05) is 0 Å². The molecule has 0 amide bonds. The predicted molar refractivity (Wildman–Crippen MR) is 60.3 cm³/mol. The minimum absolute atomic E-state index is 0.251. The van der Waals surface area contributed by atoms with Crippen LogP contribution in [0.2, 0.25) is 0 Å². The Morgan fingerprint density at radius 1 is 1.44 bits per heavy atom. The molecule has 0 unspecified atom stereocenters. The number of nitrogens with zero attached hydrogens (tertiary/aromatic N) is 1. The summed E-state index contributed by atoms with van der Waals surface area (Å²) in [5.41, 5.74) is 0.816. The first-order chi connectivity index (χ1) is 7.48. The summed E-state index contributed by atoms with van der Waals surface area (Å²) < 4.78 is 18.7. The van der Waals surface area contributed by atoms with Gasteiger partial charge < -0.3 is 4.74 Å². The third-order valence-electron chi connectivity index (χ3n) is 2.66. The Hall–Kier alpha value is -1.40. The maximum atomic E-state index is 13.0. The summed E-state index contributed by atoms with van der Waals surface area (Å²) in [5.74, 6) is -0.341. The van der Waals surface area contributed by atoms with Crippen molar-refractivity contribution in [3.8, 4) is 6.07 Å². The molecule has 16 heavy (non-hydrogen) atoms.